The molecular formula is C26H30Cl2N4O3. The van der Waals surface area contributed by atoms with Crippen LogP contribution in [-0.2, 0) is 16.8 Å². The number of nitrogens with one attached hydrogen (secondary N) is 2. The number of aliphatic hydroxyl groups is 1. The minimum Gasteiger partial charge on any atom is -0.380 e. The molecule has 3 aliphatic rings. The Bertz CT molecular complexity index is 1140. The monoisotopic (exact) mass is 516 g/mol. The van der Waals surface area contributed by atoms with Gasteiger partial charge in [0.15, 0.2) is 5.60 Å². The van der Waals surface area contributed by atoms with Gasteiger partial charge in [0.2, 0.25) is 0 Å². The molecule has 3 aliphatic heterocycles. The second-order valence-electron chi connectivity index (χ2n) is 9.90. The fourth-order valence-electron chi connectivity index (χ4n) is 5.39. The second-order valence-corrected chi connectivity index (χ2v) is 10.7. The molecule has 0 bridgehead atoms. The van der Waals surface area contributed by atoms with Crippen molar-refractivity contribution in [3.63, 3.8) is 0 Å². The predicted molar refractivity (Wildman–Crippen MR) is 137 cm³/mol. The van der Waals surface area contributed by atoms with Crippen LogP contribution in [0.15, 0.2) is 36.4 Å². The van der Waals surface area contributed by atoms with Crippen LogP contribution in [0.1, 0.15) is 41.3 Å². The van der Waals surface area contributed by atoms with Crippen molar-refractivity contribution in [1.29, 1.82) is 0 Å². The summed E-state index contributed by atoms with van der Waals surface area (Å²) in [6.07, 6.45) is 2.54. The van der Waals surface area contributed by atoms with E-state index in [-0.39, 0.29) is 11.8 Å². The molecule has 186 valence electrons. The first kappa shape index (κ1) is 24.4. The molecule has 7 nitrogen and oxygen atoms in total. The Morgan fingerprint density at radius 1 is 1.17 bits per heavy atom. The summed E-state index contributed by atoms with van der Waals surface area (Å²) in [5.41, 5.74) is 1.45. The zero-order chi connectivity index (χ0) is 24.7. The van der Waals surface area contributed by atoms with Crippen LogP contribution >= 0.6 is 23.2 Å². The smallest absolute Gasteiger partial charge is 0.258 e. The number of carbonyl (C=O) groups is 2. The number of hydrogen-bond donors (Lipinski definition) is 3. The van der Waals surface area contributed by atoms with Crippen LogP contribution in [0.25, 0.3) is 0 Å². The molecule has 3 heterocycles. The van der Waals surface area contributed by atoms with Crippen molar-refractivity contribution >= 4 is 40.7 Å². The van der Waals surface area contributed by atoms with E-state index in [1.807, 2.05) is 12.1 Å². The number of nitrogens with zero attached hydrogens (tertiary/aromatic N) is 2. The van der Waals surface area contributed by atoms with Gasteiger partial charge in [0.1, 0.15) is 0 Å². The lowest BCUT2D eigenvalue weighted by Gasteiger charge is -2.48. The minimum atomic E-state index is -1.60. The molecule has 2 aromatic carbocycles. The number of benzene rings is 2. The van der Waals surface area contributed by atoms with E-state index in [0.29, 0.717) is 52.9 Å². The zero-order valence-corrected chi connectivity index (χ0v) is 21.2. The minimum absolute atomic E-state index is 0.100. The third-order valence-corrected chi connectivity index (χ3v) is 7.96. The van der Waals surface area contributed by atoms with Crippen LogP contribution in [0.2, 0.25) is 10.0 Å². The van der Waals surface area contributed by atoms with Gasteiger partial charge in [0.05, 0.1) is 16.6 Å². The molecule has 2 fully saturated rings. The summed E-state index contributed by atoms with van der Waals surface area (Å²) in [6, 6.07) is 11.5. The van der Waals surface area contributed by atoms with Crippen LogP contribution in [0.3, 0.4) is 0 Å². The van der Waals surface area contributed by atoms with Crippen LogP contribution in [-0.4, -0.2) is 71.5 Å². The highest BCUT2D eigenvalue weighted by atomic mass is 35.5. The number of amides is 2. The Balaban J connectivity index is 1.12. The highest BCUT2D eigenvalue weighted by Gasteiger charge is 2.40. The van der Waals surface area contributed by atoms with Gasteiger partial charge in [-0.2, -0.15) is 0 Å². The van der Waals surface area contributed by atoms with E-state index in [4.69, 9.17) is 23.2 Å². The third kappa shape index (κ3) is 4.87. The van der Waals surface area contributed by atoms with Gasteiger partial charge >= 0.3 is 0 Å². The Morgan fingerprint density at radius 3 is 2.63 bits per heavy atom. The van der Waals surface area contributed by atoms with Gasteiger partial charge in [-0.3, -0.25) is 14.5 Å². The summed E-state index contributed by atoms with van der Waals surface area (Å²) in [4.78, 5) is 29.3. The van der Waals surface area contributed by atoms with Gasteiger partial charge in [-0.15, -0.1) is 0 Å². The van der Waals surface area contributed by atoms with E-state index in [1.165, 1.54) is 6.92 Å². The Morgan fingerprint density at radius 2 is 1.91 bits per heavy atom. The van der Waals surface area contributed by atoms with Gasteiger partial charge in [-0.1, -0.05) is 35.3 Å². The normalized spacial score (nSPS) is 21.0. The number of rotatable bonds is 5. The Kier molecular flexibility index (Phi) is 6.70. The zero-order valence-electron chi connectivity index (χ0n) is 19.7. The molecule has 2 aromatic rings. The van der Waals surface area contributed by atoms with Crippen molar-refractivity contribution in [1.82, 2.24) is 15.1 Å². The number of fused-ring (bicyclic) bond motifs is 1. The van der Waals surface area contributed by atoms with Gasteiger partial charge in [-0.05, 0) is 61.6 Å². The first-order valence-electron chi connectivity index (χ1n) is 12.1. The lowest BCUT2D eigenvalue weighted by Crippen LogP contribution is -2.61. The molecule has 0 unspecified atom stereocenters. The average molecular weight is 517 g/mol. The van der Waals surface area contributed by atoms with E-state index < -0.39 is 5.60 Å². The summed E-state index contributed by atoms with van der Waals surface area (Å²) in [6.45, 7) is 5.27. The molecule has 0 aromatic heterocycles. The van der Waals surface area contributed by atoms with Crippen molar-refractivity contribution in [2.24, 2.45) is 0 Å². The Hall–Kier alpha value is -2.32. The Labute approximate surface area is 215 Å². The molecule has 0 spiro atoms. The number of carbonyl (C=O) groups excluding carboxylic acids is 2. The maximum absolute atomic E-state index is 13.1. The number of piperidine rings is 1. The van der Waals surface area contributed by atoms with Crippen molar-refractivity contribution in [2.75, 3.05) is 38.0 Å². The highest BCUT2D eigenvalue weighted by Crippen LogP contribution is 2.31. The fraction of sp³-hybridized carbons (Fsp3) is 0.462. The van der Waals surface area contributed by atoms with Crippen molar-refractivity contribution in [3.8, 4) is 0 Å². The number of anilines is 1. The maximum Gasteiger partial charge on any atom is 0.258 e. The SMILES string of the molecule is C[C@@](O)(C(=O)N1CCC(N2CC(Nc3cc(Cl)c4c(c3)CCNC4=O)C2)CC1)c1cccc(Cl)c1. The maximum atomic E-state index is 13.1. The van der Waals surface area contributed by atoms with Gasteiger partial charge in [-0.25, -0.2) is 0 Å². The molecular weight excluding hydrogens is 487 g/mol. The molecule has 35 heavy (non-hydrogen) atoms. The summed E-state index contributed by atoms with van der Waals surface area (Å²) in [5.74, 6) is -0.379. The standard InChI is InChI=1S/C26H30Cl2N4O3/c1-26(35,17-3-2-4-18(27)12-17)25(34)31-9-6-21(7-10-31)32-14-20(15-32)30-19-11-16-5-8-29-24(33)23(16)22(28)13-19/h2-4,11-13,20-21,30,35H,5-10,14-15H2,1H3,(H,29,33)/t26-/m0/s1. The van der Waals surface area contributed by atoms with Gasteiger partial charge < -0.3 is 20.6 Å². The average Bonchev–Trinajstić information content (AvgIpc) is 2.80. The highest BCUT2D eigenvalue weighted by molar-refractivity contribution is 6.34. The van der Waals surface area contributed by atoms with E-state index in [1.54, 1.807) is 29.2 Å². The topological polar surface area (TPSA) is 84.9 Å². The number of halogens is 2. The van der Waals surface area contributed by atoms with Crippen LogP contribution < -0.4 is 10.6 Å². The van der Waals surface area contributed by atoms with Gasteiger partial charge in [0.25, 0.3) is 11.8 Å². The first-order valence-corrected chi connectivity index (χ1v) is 12.9. The quantitative estimate of drug-likeness (QED) is 0.567. The predicted octanol–water partition coefficient (Wildman–Crippen LogP) is 3.27. The van der Waals surface area contributed by atoms with Crippen LogP contribution in [0, 0.1) is 0 Å². The van der Waals surface area contributed by atoms with Crippen molar-refractivity contribution in [3.05, 3.63) is 63.1 Å². The number of likely N-dealkylation sites (tertiary alicyclic amines) is 2. The fourth-order valence-corrected chi connectivity index (χ4v) is 5.91. The van der Waals surface area contributed by atoms with Crippen molar-refractivity contribution < 1.29 is 14.7 Å². The number of hydrogen-bond acceptors (Lipinski definition) is 5. The molecule has 1 atom stereocenters. The molecule has 9 heteroatoms. The van der Waals surface area contributed by atoms with Crippen LogP contribution in [0.4, 0.5) is 5.69 Å². The molecule has 0 radical (unpaired) electrons. The molecule has 0 aliphatic carbocycles. The van der Waals surface area contributed by atoms with E-state index in [0.717, 1.165) is 43.6 Å². The molecule has 3 N–H and O–H groups in total. The van der Waals surface area contributed by atoms with Gasteiger partial charge in [0, 0.05) is 49.5 Å². The molecule has 5 rings (SSSR count). The van der Waals surface area contributed by atoms with Crippen molar-refractivity contribution in [2.45, 2.75) is 43.9 Å². The second kappa shape index (κ2) is 9.62. The summed E-state index contributed by atoms with van der Waals surface area (Å²) < 4.78 is 0. The summed E-state index contributed by atoms with van der Waals surface area (Å²) in [7, 11) is 0. The molecule has 0 saturated carbocycles. The van der Waals surface area contributed by atoms with E-state index in [2.05, 4.69) is 15.5 Å². The lowest BCUT2D eigenvalue weighted by molar-refractivity contribution is -0.152. The summed E-state index contributed by atoms with van der Waals surface area (Å²) >= 11 is 12.4. The van der Waals surface area contributed by atoms with E-state index in [9.17, 15) is 14.7 Å². The van der Waals surface area contributed by atoms with Crippen LogP contribution in [0.5, 0.6) is 0 Å². The third-order valence-electron chi connectivity index (χ3n) is 7.43. The summed E-state index contributed by atoms with van der Waals surface area (Å²) in [5, 5.41) is 18.3. The molecule has 2 amide bonds. The lowest BCUT2D eigenvalue weighted by atomic mass is 9.92. The largest absolute Gasteiger partial charge is 0.380 e. The first-order chi connectivity index (χ1) is 16.7. The van der Waals surface area contributed by atoms with E-state index >= 15 is 0 Å². The molecule has 2 saturated heterocycles.